The number of ether oxygens (including phenoxy) is 1. The van der Waals surface area contributed by atoms with Gasteiger partial charge in [-0.2, -0.15) is 0 Å². The highest BCUT2D eigenvalue weighted by molar-refractivity contribution is 9.11. The molecule has 0 aliphatic heterocycles. The molecule has 0 spiro atoms. The van der Waals surface area contributed by atoms with Gasteiger partial charge in [-0.3, -0.25) is 0 Å². The van der Waals surface area contributed by atoms with Crippen molar-refractivity contribution in [1.29, 1.82) is 0 Å². The Morgan fingerprint density at radius 2 is 1.94 bits per heavy atom. The largest absolute Gasteiger partial charge is 0.491 e. The first-order valence-electron chi connectivity index (χ1n) is 5.98. The lowest BCUT2D eigenvalue weighted by Crippen LogP contribution is -2.31. The molecule has 0 aromatic heterocycles. The molecule has 1 rings (SSSR count). The number of nitrogens with one attached hydrogen (secondary N) is 1. The quantitative estimate of drug-likeness (QED) is 0.725. The summed E-state index contributed by atoms with van der Waals surface area (Å²) in [6.45, 7) is 5.98. The van der Waals surface area contributed by atoms with E-state index < -0.39 is 0 Å². The SMILES string of the molecule is CCC(CC)NCCOc1ccc(Br)cc1Br. The van der Waals surface area contributed by atoms with Gasteiger partial charge in [-0.15, -0.1) is 0 Å². The van der Waals surface area contributed by atoms with Crippen molar-refractivity contribution in [2.24, 2.45) is 0 Å². The van der Waals surface area contributed by atoms with Gasteiger partial charge in [0, 0.05) is 17.1 Å². The maximum atomic E-state index is 5.70. The molecule has 0 bridgehead atoms. The van der Waals surface area contributed by atoms with E-state index in [2.05, 4.69) is 51.0 Å². The van der Waals surface area contributed by atoms with Crippen LogP contribution in [-0.4, -0.2) is 19.2 Å². The van der Waals surface area contributed by atoms with Gasteiger partial charge in [0.15, 0.2) is 0 Å². The topological polar surface area (TPSA) is 21.3 Å². The number of halogens is 2. The number of hydrogen-bond donors (Lipinski definition) is 1. The van der Waals surface area contributed by atoms with Crippen molar-refractivity contribution in [3.05, 3.63) is 27.1 Å². The molecule has 2 nitrogen and oxygen atoms in total. The monoisotopic (exact) mass is 363 g/mol. The van der Waals surface area contributed by atoms with Gasteiger partial charge in [-0.05, 0) is 47.0 Å². The fourth-order valence-electron chi connectivity index (χ4n) is 1.59. The summed E-state index contributed by atoms with van der Waals surface area (Å²) in [7, 11) is 0. The van der Waals surface area contributed by atoms with E-state index in [4.69, 9.17) is 4.74 Å². The first kappa shape index (κ1) is 15.0. The summed E-state index contributed by atoms with van der Waals surface area (Å²) >= 11 is 6.90. The fraction of sp³-hybridized carbons (Fsp3) is 0.538. The molecule has 0 aliphatic carbocycles. The Hall–Kier alpha value is -0.0600. The standard InChI is InChI=1S/C13H19Br2NO/c1-3-11(4-2)16-7-8-17-13-6-5-10(14)9-12(13)15/h5-6,9,11,16H,3-4,7-8H2,1-2H3. The third-order valence-electron chi connectivity index (χ3n) is 2.67. The summed E-state index contributed by atoms with van der Waals surface area (Å²) in [6.07, 6.45) is 2.33. The van der Waals surface area contributed by atoms with Gasteiger partial charge >= 0.3 is 0 Å². The van der Waals surface area contributed by atoms with Crippen molar-refractivity contribution in [2.75, 3.05) is 13.2 Å². The zero-order valence-corrected chi connectivity index (χ0v) is 13.5. The predicted octanol–water partition coefficient (Wildman–Crippen LogP) is 4.37. The second-order valence-electron chi connectivity index (χ2n) is 3.89. The Kier molecular flexibility index (Phi) is 7.16. The molecule has 0 aliphatic rings. The molecule has 0 saturated carbocycles. The highest BCUT2D eigenvalue weighted by Crippen LogP contribution is 2.27. The van der Waals surface area contributed by atoms with Crippen LogP contribution < -0.4 is 10.1 Å². The second-order valence-corrected chi connectivity index (χ2v) is 5.66. The first-order chi connectivity index (χ1) is 8.17. The van der Waals surface area contributed by atoms with Crippen LogP contribution in [0.5, 0.6) is 5.75 Å². The molecule has 4 heteroatoms. The summed E-state index contributed by atoms with van der Waals surface area (Å²) in [5, 5.41) is 3.47. The first-order valence-corrected chi connectivity index (χ1v) is 7.57. The van der Waals surface area contributed by atoms with Gasteiger partial charge in [-0.1, -0.05) is 29.8 Å². The summed E-state index contributed by atoms with van der Waals surface area (Å²) in [5.74, 6) is 0.888. The number of hydrogen-bond acceptors (Lipinski definition) is 2. The van der Waals surface area contributed by atoms with Gasteiger partial charge < -0.3 is 10.1 Å². The zero-order valence-electron chi connectivity index (χ0n) is 10.3. The van der Waals surface area contributed by atoms with Crippen LogP contribution >= 0.6 is 31.9 Å². The maximum absolute atomic E-state index is 5.70. The molecule has 0 radical (unpaired) electrons. The van der Waals surface area contributed by atoms with E-state index in [-0.39, 0.29) is 0 Å². The van der Waals surface area contributed by atoms with Gasteiger partial charge in [0.2, 0.25) is 0 Å². The zero-order chi connectivity index (χ0) is 12.7. The van der Waals surface area contributed by atoms with Crippen LogP contribution in [0.15, 0.2) is 27.1 Å². The van der Waals surface area contributed by atoms with Crippen molar-refractivity contribution in [2.45, 2.75) is 32.7 Å². The molecule has 0 saturated heterocycles. The van der Waals surface area contributed by atoms with E-state index in [9.17, 15) is 0 Å². The summed E-state index contributed by atoms with van der Waals surface area (Å²) in [5.41, 5.74) is 0. The molecule has 1 N–H and O–H groups in total. The van der Waals surface area contributed by atoms with Crippen molar-refractivity contribution < 1.29 is 4.74 Å². The molecular weight excluding hydrogens is 346 g/mol. The Balaban J connectivity index is 2.31. The minimum Gasteiger partial charge on any atom is -0.491 e. The lowest BCUT2D eigenvalue weighted by atomic mass is 10.2. The fourth-order valence-corrected chi connectivity index (χ4v) is 2.76. The predicted molar refractivity (Wildman–Crippen MR) is 79.7 cm³/mol. The van der Waals surface area contributed by atoms with Crippen molar-refractivity contribution in [1.82, 2.24) is 5.32 Å². The lowest BCUT2D eigenvalue weighted by Gasteiger charge is -2.15. The molecule has 1 aromatic carbocycles. The normalized spacial score (nSPS) is 10.9. The van der Waals surface area contributed by atoms with E-state index in [0.717, 1.165) is 21.2 Å². The highest BCUT2D eigenvalue weighted by Gasteiger charge is 2.03. The van der Waals surface area contributed by atoms with Gasteiger partial charge in [-0.25, -0.2) is 0 Å². The molecule has 0 atom stereocenters. The van der Waals surface area contributed by atoms with Crippen molar-refractivity contribution in [3.63, 3.8) is 0 Å². The average molecular weight is 365 g/mol. The maximum Gasteiger partial charge on any atom is 0.133 e. The van der Waals surface area contributed by atoms with Crippen LogP contribution in [0.2, 0.25) is 0 Å². The van der Waals surface area contributed by atoms with E-state index >= 15 is 0 Å². The molecule has 0 fully saturated rings. The van der Waals surface area contributed by atoms with Crippen molar-refractivity contribution in [3.8, 4) is 5.75 Å². The van der Waals surface area contributed by atoms with Gasteiger partial charge in [0.25, 0.3) is 0 Å². The summed E-state index contributed by atoms with van der Waals surface area (Å²) < 4.78 is 7.73. The molecule has 96 valence electrons. The molecule has 0 heterocycles. The third kappa shape index (κ3) is 5.40. The summed E-state index contributed by atoms with van der Waals surface area (Å²) in [6, 6.07) is 6.54. The molecule has 0 unspecified atom stereocenters. The van der Waals surface area contributed by atoms with Gasteiger partial charge in [0.1, 0.15) is 12.4 Å². The molecular formula is C13H19Br2NO. The number of rotatable bonds is 7. The molecule has 0 amide bonds. The second kappa shape index (κ2) is 8.11. The Morgan fingerprint density at radius 3 is 2.53 bits per heavy atom. The minimum absolute atomic E-state index is 0.604. The highest BCUT2D eigenvalue weighted by atomic mass is 79.9. The van der Waals surface area contributed by atoms with E-state index in [1.807, 2.05) is 18.2 Å². The molecule has 17 heavy (non-hydrogen) atoms. The third-order valence-corrected chi connectivity index (χ3v) is 3.79. The Morgan fingerprint density at radius 1 is 1.24 bits per heavy atom. The van der Waals surface area contributed by atoms with Crippen LogP contribution in [0.1, 0.15) is 26.7 Å². The van der Waals surface area contributed by atoms with Crippen LogP contribution in [0.4, 0.5) is 0 Å². The van der Waals surface area contributed by atoms with E-state index in [1.54, 1.807) is 0 Å². The Labute approximate surface area is 120 Å². The lowest BCUT2D eigenvalue weighted by molar-refractivity contribution is 0.300. The van der Waals surface area contributed by atoms with Gasteiger partial charge in [0.05, 0.1) is 4.47 Å². The van der Waals surface area contributed by atoms with Crippen LogP contribution in [0, 0.1) is 0 Å². The average Bonchev–Trinajstić information content (AvgIpc) is 2.32. The van der Waals surface area contributed by atoms with Crippen LogP contribution in [-0.2, 0) is 0 Å². The molecule has 1 aromatic rings. The van der Waals surface area contributed by atoms with E-state index in [0.29, 0.717) is 12.6 Å². The van der Waals surface area contributed by atoms with E-state index in [1.165, 1.54) is 12.8 Å². The minimum atomic E-state index is 0.604. The number of benzene rings is 1. The smallest absolute Gasteiger partial charge is 0.133 e. The summed E-state index contributed by atoms with van der Waals surface area (Å²) in [4.78, 5) is 0. The van der Waals surface area contributed by atoms with Crippen molar-refractivity contribution >= 4 is 31.9 Å². The van der Waals surface area contributed by atoms with Crippen LogP contribution in [0.3, 0.4) is 0 Å². The van der Waals surface area contributed by atoms with Crippen LogP contribution in [0.25, 0.3) is 0 Å². The Bertz CT molecular complexity index is 340.